The molecule has 36 heavy (non-hydrogen) atoms. The molecule has 3 unspecified atom stereocenters. The fraction of sp³-hybridized carbons (Fsp3) is 0.310. The molecule has 0 aliphatic heterocycles. The van der Waals surface area contributed by atoms with Gasteiger partial charge in [-0.25, -0.2) is 14.2 Å². The summed E-state index contributed by atoms with van der Waals surface area (Å²) >= 11 is 0. The minimum Gasteiger partial charge on any atom is -0.494 e. The van der Waals surface area contributed by atoms with Crippen molar-refractivity contribution in [2.45, 2.75) is 38.5 Å². The summed E-state index contributed by atoms with van der Waals surface area (Å²) in [4.78, 5) is 27.3. The molecule has 2 aliphatic carbocycles. The number of methoxy groups -OCH3 is 1. The van der Waals surface area contributed by atoms with E-state index in [0.717, 1.165) is 30.5 Å². The van der Waals surface area contributed by atoms with E-state index in [-0.39, 0.29) is 17.2 Å². The Morgan fingerprint density at radius 3 is 2.64 bits per heavy atom. The number of fused-ring (bicyclic) bond motifs is 3. The summed E-state index contributed by atoms with van der Waals surface area (Å²) in [5, 5.41) is 0.335. The topological polar surface area (TPSA) is 61.4 Å². The molecule has 4 aromatic rings. The number of hydrogen-bond acceptors (Lipinski definition) is 4. The van der Waals surface area contributed by atoms with Gasteiger partial charge >= 0.3 is 0 Å². The standard InChI is InChI=1S/C29H25FN4O2/c1-16-4-6-19(15-32-16)22-12-20(31-2)13-24-27(22)33-28(23-11-17-5-7-18(23)10-17)34(29(24)35)21-8-9-26(36-3)25(30)14-21/h4,6,8-9,12-15,17-18,23H,5,7,10-11H2,1,3H3. The Labute approximate surface area is 208 Å². The maximum atomic E-state index is 14.8. The number of aromatic nitrogens is 3. The van der Waals surface area contributed by atoms with E-state index in [1.54, 1.807) is 29.0 Å². The number of nitrogens with zero attached hydrogens (tertiary/aromatic N) is 4. The highest BCUT2D eigenvalue weighted by Gasteiger charge is 2.42. The van der Waals surface area contributed by atoms with E-state index in [2.05, 4.69) is 9.83 Å². The molecule has 7 heteroatoms. The molecule has 3 atom stereocenters. The Hall–Kier alpha value is -4.05. The van der Waals surface area contributed by atoms with Gasteiger partial charge in [0.05, 0.1) is 30.3 Å². The monoisotopic (exact) mass is 480 g/mol. The van der Waals surface area contributed by atoms with E-state index < -0.39 is 5.82 Å². The van der Waals surface area contributed by atoms with Crippen LogP contribution in [0.3, 0.4) is 0 Å². The Bertz CT molecular complexity index is 1600. The molecule has 2 saturated carbocycles. The molecule has 2 fully saturated rings. The zero-order chi connectivity index (χ0) is 25.0. The zero-order valence-corrected chi connectivity index (χ0v) is 20.2. The lowest BCUT2D eigenvalue weighted by Crippen LogP contribution is -2.27. The Morgan fingerprint density at radius 1 is 1.14 bits per heavy atom. The molecular formula is C29H25FN4O2. The predicted molar refractivity (Wildman–Crippen MR) is 136 cm³/mol. The van der Waals surface area contributed by atoms with Gasteiger partial charge in [-0.1, -0.05) is 12.5 Å². The molecular weight excluding hydrogens is 455 g/mol. The van der Waals surface area contributed by atoms with Crippen molar-refractivity contribution in [3.05, 3.63) is 87.8 Å². The average Bonchev–Trinajstić information content (AvgIpc) is 3.53. The number of pyridine rings is 1. The maximum Gasteiger partial charge on any atom is 0.264 e. The van der Waals surface area contributed by atoms with Crippen LogP contribution in [-0.4, -0.2) is 21.6 Å². The zero-order valence-electron chi connectivity index (χ0n) is 20.2. The number of aryl methyl sites for hydroxylation is 1. The summed E-state index contributed by atoms with van der Waals surface area (Å²) in [6.07, 6.45) is 6.20. The smallest absolute Gasteiger partial charge is 0.264 e. The van der Waals surface area contributed by atoms with Crippen molar-refractivity contribution in [2.75, 3.05) is 7.11 Å². The van der Waals surface area contributed by atoms with Crippen LogP contribution in [0.2, 0.25) is 0 Å². The Morgan fingerprint density at radius 2 is 2.00 bits per heavy atom. The lowest BCUT2D eigenvalue weighted by molar-refractivity contribution is 0.385. The lowest BCUT2D eigenvalue weighted by atomic mass is 9.87. The molecule has 0 saturated heterocycles. The van der Waals surface area contributed by atoms with Gasteiger partial charge in [0.1, 0.15) is 5.82 Å². The third-order valence-electron chi connectivity index (χ3n) is 7.80. The van der Waals surface area contributed by atoms with Gasteiger partial charge in [-0.05, 0) is 73.9 Å². The SMILES string of the molecule is [C-]#[N+]c1cc(-c2ccc(C)nc2)c2nc(C3CC4CCC3C4)n(-c3ccc(OC)c(F)c3)c(=O)c2c1. The van der Waals surface area contributed by atoms with Gasteiger partial charge in [0.15, 0.2) is 17.3 Å². The molecule has 6 rings (SSSR count). The first kappa shape index (κ1) is 22.4. The van der Waals surface area contributed by atoms with Crippen LogP contribution in [0.15, 0.2) is 53.5 Å². The van der Waals surface area contributed by atoms with Gasteiger partial charge in [0.25, 0.3) is 5.56 Å². The van der Waals surface area contributed by atoms with Crippen LogP contribution < -0.4 is 10.3 Å². The minimum absolute atomic E-state index is 0.117. The number of halogens is 1. The molecule has 2 aromatic carbocycles. The first-order chi connectivity index (χ1) is 17.5. The second-order valence-corrected chi connectivity index (χ2v) is 9.90. The quantitative estimate of drug-likeness (QED) is 0.319. The second kappa shape index (κ2) is 8.56. The van der Waals surface area contributed by atoms with Crippen molar-refractivity contribution in [1.82, 2.24) is 14.5 Å². The largest absolute Gasteiger partial charge is 0.494 e. The molecule has 0 amide bonds. The van der Waals surface area contributed by atoms with Gasteiger partial charge in [-0.2, -0.15) is 0 Å². The van der Waals surface area contributed by atoms with E-state index in [4.69, 9.17) is 16.3 Å². The molecule has 0 spiro atoms. The maximum absolute atomic E-state index is 14.8. The molecule has 0 N–H and O–H groups in total. The first-order valence-corrected chi connectivity index (χ1v) is 12.2. The summed E-state index contributed by atoms with van der Waals surface area (Å²) in [6, 6.07) is 11.8. The molecule has 6 nitrogen and oxygen atoms in total. The highest BCUT2D eigenvalue weighted by atomic mass is 19.1. The number of rotatable bonds is 4. The van der Waals surface area contributed by atoms with Crippen LogP contribution >= 0.6 is 0 Å². The van der Waals surface area contributed by atoms with Crippen LogP contribution in [0.4, 0.5) is 10.1 Å². The van der Waals surface area contributed by atoms with E-state index in [0.29, 0.717) is 45.5 Å². The number of benzene rings is 2. The Balaban J connectivity index is 1.67. The normalized spacial score (nSPS) is 20.6. The molecule has 180 valence electrons. The van der Waals surface area contributed by atoms with Crippen LogP contribution in [0.1, 0.15) is 43.1 Å². The van der Waals surface area contributed by atoms with Crippen molar-refractivity contribution in [3.63, 3.8) is 0 Å². The summed E-state index contributed by atoms with van der Waals surface area (Å²) in [6.45, 7) is 9.54. The van der Waals surface area contributed by atoms with Gasteiger partial charge < -0.3 is 4.74 Å². The van der Waals surface area contributed by atoms with E-state index in [1.165, 1.54) is 25.7 Å². The van der Waals surface area contributed by atoms with Crippen LogP contribution in [0.25, 0.3) is 32.6 Å². The highest BCUT2D eigenvalue weighted by Crippen LogP contribution is 2.52. The van der Waals surface area contributed by atoms with E-state index >= 15 is 0 Å². The van der Waals surface area contributed by atoms with E-state index in [1.807, 2.05) is 19.1 Å². The van der Waals surface area contributed by atoms with Gasteiger partial charge in [0, 0.05) is 29.4 Å². The van der Waals surface area contributed by atoms with Crippen molar-refractivity contribution in [2.24, 2.45) is 11.8 Å². The third kappa shape index (κ3) is 3.56. The highest BCUT2D eigenvalue weighted by molar-refractivity contribution is 5.96. The number of ether oxygens (including phenoxy) is 1. The Kier molecular flexibility index (Phi) is 5.33. The van der Waals surface area contributed by atoms with E-state index in [9.17, 15) is 9.18 Å². The molecule has 2 aliphatic rings. The molecule has 2 heterocycles. The molecule has 0 radical (unpaired) electrons. The van der Waals surface area contributed by atoms with Gasteiger partial charge in [-0.3, -0.25) is 14.3 Å². The van der Waals surface area contributed by atoms with Crippen LogP contribution in [0, 0.1) is 31.1 Å². The fourth-order valence-corrected chi connectivity index (χ4v) is 6.06. The summed E-state index contributed by atoms with van der Waals surface area (Å²) in [7, 11) is 1.41. The third-order valence-corrected chi connectivity index (χ3v) is 7.80. The van der Waals surface area contributed by atoms with Gasteiger partial charge in [0.2, 0.25) is 0 Å². The van der Waals surface area contributed by atoms with Gasteiger partial charge in [-0.15, -0.1) is 0 Å². The molecule has 2 aromatic heterocycles. The second-order valence-electron chi connectivity index (χ2n) is 9.90. The summed E-state index contributed by atoms with van der Waals surface area (Å²) < 4.78 is 21.4. The predicted octanol–water partition coefficient (Wildman–Crippen LogP) is 6.36. The van der Waals surface area contributed by atoms with Crippen LogP contribution in [0.5, 0.6) is 5.75 Å². The summed E-state index contributed by atoms with van der Waals surface area (Å²) in [5.41, 5.74) is 3.41. The number of hydrogen-bond donors (Lipinski definition) is 0. The first-order valence-electron chi connectivity index (χ1n) is 12.2. The molecule has 2 bridgehead atoms. The average molecular weight is 481 g/mol. The lowest BCUT2D eigenvalue weighted by Gasteiger charge is -2.25. The van der Waals surface area contributed by atoms with Crippen molar-refractivity contribution < 1.29 is 9.13 Å². The van der Waals surface area contributed by atoms with Crippen LogP contribution in [-0.2, 0) is 0 Å². The fourth-order valence-electron chi connectivity index (χ4n) is 6.06. The van der Waals surface area contributed by atoms with Crippen molar-refractivity contribution in [3.8, 4) is 22.6 Å². The summed E-state index contributed by atoms with van der Waals surface area (Å²) in [5.74, 6) is 1.46. The van der Waals surface area contributed by atoms with Crippen molar-refractivity contribution in [1.29, 1.82) is 0 Å². The minimum atomic E-state index is -0.540. The van der Waals surface area contributed by atoms with Crippen molar-refractivity contribution >= 4 is 16.6 Å².